The summed E-state index contributed by atoms with van der Waals surface area (Å²) in [4.78, 5) is 22.8. The molecule has 0 heterocycles. The molecule has 0 aliphatic rings. The highest BCUT2D eigenvalue weighted by molar-refractivity contribution is 7.99. The van der Waals surface area contributed by atoms with E-state index in [1.807, 2.05) is 37.3 Å². The lowest BCUT2D eigenvalue weighted by Crippen LogP contribution is -2.41. The van der Waals surface area contributed by atoms with Crippen molar-refractivity contribution in [3.63, 3.8) is 0 Å². The molecule has 4 nitrogen and oxygen atoms in total. The summed E-state index contributed by atoms with van der Waals surface area (Å²) in [5.41, 5.74) is 0.286. The Balaban J connectivity index is 2.29. The molecule has 1 aromatic rings. The van der Waals surface area contributed by atoms with E-state index in [1.165, 1.54) is 17.3 Å². The van der Waals surface area contributed by atoms with Gasteiger partial charge < -0.3 is 10.4 Å². The molecule has 110 valence electrons. The SMILES string of the molecule is CCC(C)(CNC(=O)CSCc1ccccc1)C(=O)O. The second kappa shape index (κ2) is 7.94. The van der Waals surface area contributed by atoms with Crippen LogP contribution in [0.4, 0.5) is 0 Å². The van der Waals surface area contributed by atoms with Crippen LogP contribution >= 0.6 is 11.8 Å². The van der Waals surface area contributed by atoms with Gasteiger partial charge in [-0.15, -0.1) is 11.8 Å². The first-order valence-corrected chi connectivity index (χ1v) is 7.75. The van der Waals surface area contributed by atoms with E-state index in [0.29, 0.717) is 12.2 Å². The van der Waals surface area contributed by atoms with Gasteiger partial charge in [-0.3, -0.25) is 9.59 Å². The minimum absolute atomic E-state index is 0.119. The smallest absolute Gasteiger partial charge is 0.311 e. The van der Waals surface area contributed by atoms with E-state index >= 15 is 0 Å². The Bertz CT molecular complexity index is 450. The second-order valence-corrected chi connectivity index (χ2v) is 5.96. The molecule has 1 aromatic carbocycles. The van der Waals surface area contributed by atoms with Crippen molar-refractivity contribution in [3.05, 3.63) is 35.9 Å². The average molecular weight is 295 g/mol. The Labute approximate surface area is 124 Å². The fraction of sp³-hybridized carbons (Fsp3) is 0.467. The number of hydrogen-bond donors (Lipinski definition) is 2. The molecule has 1 amide bonds. The van der Waals surface area contributed by atoms with Crippen LogP contribution in [0.3, 0.4) is 0 Å². The number of rotatable bonds is 8. The summed E-state index contributed by atoms with van der Waals surface area (Å²) >= 11 is 1.52. The number of nitrogens with one attached hydrogen (secondary N) is 1. The van der Waals surface area contributed by atoms with Crippen LogP contribution in [0.25, 0.3) is 0 Å². The van der Waals surface area contributed by atoms with Gasteiger partial charge in [-0.25, -0.2) is 0 Å². The minimum Gasteiger partial charge on any atom is -0.481 e. The molecule has 1 rings (SSSR count). The maximum Gasteiger partial charge on any atom is 0.311 e. The quantitative estimate of drug-likeness (QED) is 0.773. The van der Waals surface area contributed by atoms with Gasteiger partial charge >= 0.3 is 5.97 Å². The fourth-order valence-corrected chi connectivity index (χ4v) is 2.35. The molecule has 5 heteroatoms. The predicted molar refractivity (Wildman–Crippen MR) is 81.6 cm³/mol. The number of carbonyl (C=O) groups excluding carboxylic acids is 1. The number of carbonyl (C=O) groups is 2. The van der Waals surface area contributed by atoms with Crippen LogP contribution in [0.5, 0.6) is 0 Å². The van der Waals surface area contributed by atoms with E-state index in [1.54, 1.807) is 6.92 Å². The van der Waals surface area contributed by atoms with Gasteiger partial charge in [0.2, 0.25) is 5.91 Å². The highest BCUT2D eigenvalue weighted by Crippen LogP contribution is 2.20. The first kappa shape index (κ1) is 16.6. The maximum atomic E-state index is 11.7. The molecule has 0 saturated heterocycles. The normalized spacial score (nSPS) is 13.5. The third-order valence-electron chi connectivity index (χ3n) is 3.32. The van der Waals surface area contributed by atoms with Crippen molar-refractivity contribution < 1.29 is 14.7 Å². The topological polar surface area (TPSA) is 66.4 Å². The Morgan fingerprint density at radius 2 is 1.95 bits per heavy atom. The van der Waals surface area contributed by atoms with E-state index in [4.69, 9.17) is 5.11 Å². The molecule has 0 saturated carbocycles. The lowest BCUT2D eigenvalue weighted by atomic mass is 9.88. The highest BCUT2D eigenvalue weighted by atomic mass is 32.2. The van der Waals surface area contributed by atoms with Crippen LogP contribution in [0, 0.1) is 5.41 Å². The summed E-state index contributed by atoms with van der Waals surface area (Å²) in [5, 5.41) is 11.8. The molecule has 0 spiro atoms. The number of thioether (sulfide) groups is 1. The summed E-state index contributed by atoms with van der Waals surface area (Å²) in [6.07, 6.45) is 0.486. The fourth-order valence-electron chi connectivity index (χ4n) is 1.53. The lowest BCUT2D eigenvalue weighted by Gasteiger charge is -2.23. The number of carboxylic acid groups (broad SMARTS) is 1. The highest BCUT2D eigenvalue weighted by Gasteiger charge is 2.31. The van der Waals surface area contributed by atoms with Gasteiger partial charge in [0.25, 0.3) is 0 Å². The zero-order valence-corrected chi connectivity index (χ0v) is 12.7. The van der Waals surface area contributed by atoms with Crippen molar-refractivity contribution >= 4 is 23.6 Å². The Morgan fingerprint density at radius 3 is 2.50 bits per heavy atom. The number of aliphatic carboxylic acids is 1. The molecular weight excluding hydrogens is 274 g/mol. The van der Waals surface area contributed by atoms with Crippen LogP contribution in [-0.4, -0.2) is 29.3 Å². The summed E-state index contributed by atoms with van der Waals surface area (Å²) in [6, 6.07) is 9.93. The van der Waals surface area contributed by atoms with Crippen LogP contribution in [0.2, 0.25) is 0 Å². The average Bonchev–Trinajstić information content (AvgIpc) is 2.45. The summed E-state index contributed by atoms with van der Waals surface area (Å²) in [6.45, 7) is 3.63. The van der Waals surface area contributed by atoms with Gasteiger partial charge in [0, 0.05) is 12.3 Å². The summed E-state index contributed by atoms with van der Waals surface area (Å²) in [7, 11) is 0. The lowest BCUT2D eigenvalue weighted by molar-refractivity contribution is -0.148. The first-order chi connectivity index (χ1) is 9.48. The summed E-state index contributed by atoms with van der Waals surface area (Å²) < 4.78 is 0. The zero-order chi connectivity index (χ0) is 15.0. The number of carboxylic acids is 1. The molecule has 1 unspecified atom stereocenters. The van der Waals surface area contributed by atoms with Crippen LogP contribution in [0.1, 0.15) is 25.8 Å². The molecule has 20 heavy (non-hydrogen) atoms. The zero-order valence-electron chi connectivity index (χ0n) is 11.9. The maximum absolute atomic E-state index is 11.7. The molecule has 0 radical (unpaired) electrons. The van der Waals surface area contributed by atoms with E-state index in [-0.39, 0.29) is 12.5 Å². The van der Waals surface area contributed by atoms with Crippen LogP contribution < -0.4 is 5.32 Å². The van der Waals surface area contributed by atoms with E-state index in [2.05, 4.69) is 5.32 Å². The van der Waals surface area contributed by atoms with Gasteiger partial charge in [0.1, 0.15) is 0 Å². The van der Waals surface area contributed by atoms with Gasteiger partial charge in [0.05, 0.1) is 11.2 Å². The van der Waals surface area contributed by atoms with Crippen molar-refractivity contribution in [3.8, 4) is 0 Å². The van der Waals surface area contributed by atoms with Gasteiger partial charge in [0.15, 0.2) is 0 Å². The van der Waals surface area contributed by atoms with Crippen LogP contribution in [0.15, 0.2) is 30.3 Å². The number of hydrogen-bond acceptors (Lipinski definition) is 3. The van der Waals surface area contributed by atoms with Crippen molar-refractivity contribution in [2.45, 2.75) is 26.0 Å². The molecular formula is C15H21NO3S. The molecule has 1 atom stereocenters. The largest absolute Gasteiger partial charge is 0.481 e. The van der Waals surface area contributed by atoms with E-state index in [9.17, 15) is 9.59 Å². The molecule has 0 aliphatic heterocycles. The first-order valence-electron chi connectivity index (χ1n) is 6.59. The Hall–Kier alpha value is -1.49. The van der Waals surface area contributed by atoms with Crippen LogP contribution in [-0.2, 0) is 15.3 Å². The Kier molecular flexibility index (Phi) is 6.58. The van der Waals surface area contributed by atoms with Crippen molar-refractivity contribution in [2.24, 2.45) is 5.41 Å². The van der Waals surface area contributed by atoms with E-state index in [0.717, 1.165) is 5.75 Å². The molecule has 0 aromatic heterocycles. The Morgan fingerprint density at radius 1 is 1.30 bits per heavy atom. The van der Waals surface area contributed by atoms with Gasteiger partial charge in [-0.2, -0.15) is 0 Å². The second-order valence-electron chi connectivity index (χ2n) is 4.97. The predicted octanol–water partition coefficient (Wildman–Crippen LogP) is 2.54. The number of benzene rings is 1. The minimum atomic E-state index is -0.889. The van der Waals surface area contributed by atoms with Crippen molar-refractivity contribution in [2.75, 3.05) is 12.3 Å². The molecule has 2 N–H and O–H groups in total. The third kappa shape index (κ3) is 5.25. The standard InChI is InChI=1S/C15H21NO3S/c1-3-15(2,14(18)19)11-16-13(17)10-20-9-12-7-5-4-6-8-12/h4-8H,3,9-11H2,1-2H3,(H,16,17)(H,18,19). The van der Waals surface area contributed by atoms with Crippen molar-refractivity contribution in [1.29, 1.82) is 0 Å². The van der Waals surface area contributed by atoms with Gasteiger partial charge in [-0.05, 0) is 18.9 Å². The van der Waals surface area contributed by atoms with Crippen molar-refractivity contribution in [1.82, 2.24) is 5.32 Å². The number of amides is 1. The third-order valence-corrected chi connectivity index (χ3v) is 4.32. The van der Waals surface area contributed by atoms with Gasteiger partial charge in [-0.1, -0.05) is 37.3 Å². The van der Waals surface area contributed by atoms with E-state index < -0.39 is 11.4 Å². The monoisotopic (exact) mass is 295 g/mol. The molecule has 0 bridgehead atoms. The molecule has 0 fully saturated rings. The summed E-state index contributed by atoms with van der Waals surface area (Å²) in [5.74, 6) is 0.121. The molecule has 0 aliphatic carbocycles.